The molecule has 0 unspecified atom stereocenters. The van der Waals surface area contributed by atoms with Gasteiger partial charge in [0.1, 0.15) is 11.5 Å². The van der Waals surface area contributed by atoms with Crippen LogP contribution in [-0.2, 0) is 7.05 Å². The van der Waals surface area contributed by atoms with Gasteiger partial charge in [0.2, 0.25) is 0 Å². The van der Waals surface area contributed by atoms with Gasteiger partial charge in [0.05, 0.1) is 0 Å². The maximum Gasteiger partial charge on any atom is 0.259 e. The average molecular weight is 315 g/mol. The second-order valence-electron chi connectivity index (χ2n) is 5.02. The predicted molar refractivity (Wildman–Crippen MR) is 86.7 cm³/mol. The fraction of sp³-hybridized carbons (Fsp3) is 0.188. The van der Waals surface area contributed by atoms with Gasteiger partial charge in [-0.15, -0.1) is 0 Å². The van der Waals surface area contributed by atoms with Gasteiger partial charge in [-0.05, 0) is 42.5 Å². The molecule has 2 aromatic heterocycles. The molecule has 0 N–H and O–H groups in total. The lowest BCUT2D eigenvalue weighted by molar-refractivity contribution is 0.628. The third kappa shape index (κ3) is 2.39. The highest BCUT2D eigenvalue weighted by molar-refractivity contribution is 7.98. The van der Waals surface area contributed by atoms with Crippen LogP contribution in [0.25, 0.3) is 22.2 Å². The van der Waals surface area contributed by atoms with E-state index in [1.807, 2.05) is 13.2 Å². The first-order valence-electron chi connectivity index (χ1n) is 6.68. The fourth-order valence-electron chi connectivity index (χ4n) is 2.41. The summed E-state index contributed by atoms with van der Waals surface area (Å²) in [5, 5.41) is 1.36. The molecule has 112 valence electrons. The highest BCUT2D eigenvalue weighted by Crippen LogP contribution is 2.24. The summed E-state index contributed by atoms with van der Waals surface area (Å²) in [5.41, 5.74) is 2.26. The van der Waals surface area contributed by atoms with E-state index >= 15 is 0 Å². The minimum Gasteiger partial charge on any atom is -0.295 e. The number of pyridine rings is 1. The molecule has 0 aliphatic carbocycles. The van der Waals surface area contributed by atoms with Crippen molar-refractivity contribution in [2.75, 3.05) is 6.26 Å². The van der Waals surface area contributed by atoms with Crippen molar-refractivity contribution >= 4 is 22.8 Å². The van der Waals surface area contributed by atoms with Gasteiger partial charge in [-0.1, -0.05) is 17.8 Å². The van der Waals surface area contributed by atoms with E-state index in [1.54, 1.807) is 25.4 Å². The molecule has 6 heteroatoms. The van der Waals surface area contributed by atoms with E-state index in [-0.39, 0.29) is 11.4 Å². The van der Waals surface area contributed by atoms with Crippen LogP contribution < -0.4 is 5.56 Å². The first-order valence-corrected chi connectivity index (χ1v) is 7.91. The van der Waals surface area contributed by atoms with Gasteiger partial charge in [-0.25, -0.2) is 14.4 Å². The third-order valence-electron chi connectivity index (χ3n) is 3.60. The lowest BCUT2D eigenvalue weighted by Crippen LogP contribution is -2.20. The van der Waals surface area contributed by atoms with Crippen molar-refractivity contribution in [1.29, 1.82) is 0 Å². The number of hydrogen-bond donors (Lipinski definition) is 0. The largest absolute Gasteiger partial charge is 0.295 e. The molecular weight excluding hydrogens is 301 g/mol. The van der Waals surface area contributed by atoms with Gasteiger partial charge in [0.25, 0.3) is 5.56 Å². The zero-order valence-corrected chi connectivity index (χ0v) is 13.2. The summed E-state index contributed by atoms with van der Waals surface area (Å²) in [6.45, 7) is 1.85. The third-order valence-corrected chi connectivity index (χ3v) is 4.16. The Kier molecular flexibility index (Phi) is 3.70. The summed E-state index contributed by atoms with van der Waals surface area (Å²) in [7, 11) is 1.67. The van der Waals surface area contributed by atoms with Gasteiger partial charge < -0.3 is 0 Å². The molecule has 0 fully saturated rings. The zero-order chi connectivity index (χ0) is 15.9. The molecule has 3 aromatic rings. The summed E-state index contributed by atoms with van der Waals surface area (Å²) < 4.78 is 15.0. The van der Waals surface area contributed by atoms with E-state index in [1.165, 1.54) is 28.5 Å². The second-order valence-corrected chi connectivity index (χ2v) is 5.79. The zero-order valence-electron chi connectivity index (χ0n) is 12.4. The van der Waals surface area contributed by atoms with Crippen LogP contribution in [0.1, 0.15) is 5.56 Å². The fourth-order valence-corrected chi connectivity index (χ4v) is 2.74. The maximum atomic E-state index is 13.5. The molecule has 0 aliphatic rings. The average Bonchev–Trinajstić information content (AvgIpc) is 2.53. The lowest BCUT2D eigenvalue weighted by Gasteiger charge is -2.10. The molecule has 0 aliphatic heterocycles. The summed E-state index contributed by atoms with van der Waals surface area (Å²) in [6, 6.07) is 6.17. The molecular formula is C16H14FN3OS. The number of rotatable bonds is 2. The van der Waals surface area contributed by atoms with Crippen LogP contribution in [0, 0.1) is 12.7 Å². The van der Waals surface area contributed by atoms with E-state index in [4.69, 9.17) is 0 Å². The standard InChI is InChI=1S/C16H14FN3OS/c1-9-4-5-11(17)7-12(9)13-6-10-8-18-16(22-3)19-14(10)20(2)15(13)21/h4-8H,1-3H3. The summed E-state index contributed by atoms with van der Waals surface area (Å²) in [6.07, 6.45) is 3.56. The topological polar surface area (TPSA) is 47.8 Å². The van der Waals surface area contributed by atoms with Crippen molar-refractivity contribution in [1.82, 2.24) is 14.5 Å². The molecule has 0 saturated carbocycles. The molecule has 1 aromatic carbocycles. The van der Waals surface area contributed by atoms with Gasteiger partial charge in [0.15, 0.2) is 5.16 Å². The van der Waals surface area contributed by atoms with Crippen molar-refractivity contribution in [2.45, 2.75) is 12.1 Å². The Morgan fingerprint density at radius 2 is 2.00 bits per heavy atom. The van der Waals surface area contributed by atoms with Crippen molar-refractivity contribution in [3.8, 4) is 11.1 Å². The number of fused-ring (bicyclic) bond motifs is 1. The molecule has 2 heterocycles. The molecule has 22 heavy (non-hydrogen) atoms. The van der Waals surface area contributed by atoms with Gasteiger partial charge >= 0.3 is 0 Å². The van der Waals surface area contributed by atoms with Gasteiger partial charge in [0, 0.05) is 24.2 Å². The quantitative estimate of drug-likeness (QED) is 0.538. The first-order chi connectivity index (χ1) is 10.5. The minimum atomic E-state index is -0.364. The smallest absolute Gasteiger partial charge is 0.259 e. The van der Waals surface area contributed by atoms with Crippen molar-refractivity contribution in [3.63, 3.8) is 0 Å². The van der Waals surface area contributed by atoms with Gasteiger partial charge in [-0.3, -0.25) is 9.36 Å². The number of hydrogen-bond acceptors (Lipinski definition) is 4. The first kappa shape index (κ1) is 14.7. The van der Waals surface area contributed by atoms with Crippen molar-refractivity contribution in [3.05, 3.63) is 52.2 Å². The number of halogens is 1. The predicted octanol–water partition coefficient (Wildman–Crippen LogP) is 3.16. The van der Waals surface area contributed by atoms with Crippen LogP contribution >= 0.6 is 11.8 Å². The van der Waals surface area contributed by atoms with Crippen LogP contribution in [0.15, 0.2) is 40.4 Å². The van der Waals surface area contributed by atoms with E-state index in [2.05, 4.69) is 9.97 Å². The lowest BCUT2D eigenvalue weighted by atomic mass is 10.0. The Bertz CT molecular complexity index is 937. The number of benzene rings is 1. The van der Waals surface area contributed by atoms with Crippen LogP contribution in [0.5, 0.6) is 0 Å². The van der Waals surface area contributed by atoms with Crippen molar-refractivity contribution < 1.29 is 4.39 Å². The van der Waals surface area contributed by atoms with Crippen LogP contribution in [0.2, 0.25) is 0 Å². The molecule has 0 saturated heterocycles. The van der Waals surface area contributed by atoms with Gasteiger partial charge in [-0.2, -0.15) is 0 Å². The highest BCUT2D eigenvalue weighted by Gasteiger charge is 2.13. The number of thioether (sulfide) groups is 1. The molecule has 0 bridgehead atoms. The number of aryl methyl sites for hydroxylation is 2. The molecule has 4 nitrogen and oxygen atoms in total. The van der Waals surface area contributed by atoms with Crippen LogP contribution in [0.3, 0.4) is 0 Å². The van der Waals surface area contributed by atoms with Crippen molar-refractivity contribution in [2.24, 2.45) is 7.05 Å². The number of aromatic nitrogens is 3. The maximum absolute atomic E-state index is 13.5. The van der Waals surface area contributed by atoms with Crippen LogP contribution in [-0.4, -0.2) is 20.8 Å². The number of nitrogens with zero attached hydrogens (tertiary/aromatic N) is 3. The Balaban J connectivity index is 2.34. The Labute approximate surface area is 131 Å². The Morgan fingerprint density at radius 3 is 2.73 bits per heavy atom. The summed E-state index contributed by atoms with van der Waals surface area (Å²) in [5.74, 6) is -0.364. The summed E-state index contributed by atoms with van der Waals surface area (Å²) >= 11 is 1.42. The Morgan fingerprint density at radius 1 is 1.23 bits per heavy atom. The molecule has 3 rings (SSSR count). The van der Waals surface area contributed by atoms with Crippen LogP contribution in [0.4, 0.5) is 4.39 Å². The Hall–Kier alpha value is -2.21. The monoisotopic (exact) mass is 315 g/mol. The second kappa shape index (κ2) is 5.53. The van der Waals surface area contributed by atoms with E-state index in [0.717, 1.165) is 10.9 Å². The van der Waals surface area contributed by atoms with E-state index in [9.17, 15) is 9.18 Å². The molecule has 0 spiro atoms. The minimum absolute atomic E-state index is 0.202. The molecule has 0 radical (unpaired) electrons. The normalized spacial score (nSPS) is 11.1. The summed E-state index contributed by atoms with van der Waals surface area (Å²) in [4.78, 5) is 21.2. The highest BCUT2D eigenvalue weighted by atomic mass is 32.2. The van der Waals surface area contributed by atoms with E-state index < -0.39 is 0 Å². The molecule has 0 atom stereocenters. The van der Waals surface area contributed by atoms with E-state index in [0.29, 0.717) is 21.9 Å². The molecule has 0 amide bonds. The SMILES string of the molecule is CSc1ncc2cc(-c3cc(F)ccc3C)c(=O)n(C)c2n1.